The number of fused-ring (bicyclic) bond motifs is 1. The van der Waals surface area contributed by atoms with Crippen LogP contribution < -0.4 is 10.5 Å². The maximum absolute atomic E-state index is 11.1. The summed E-state index contributed by atoms with van der Waals surface area (Å²) in [7, 11) is 0. The number of furan rings is 1. The smallest absolute Gasteiger partial charge is 0.268 e. The third-order valence-corrected chi connectivity index (χ3v) is 4.80. The van der Waals surface area contributed by atoms with E-state index in [4.69, 9.17) is 14.9 Å². The fourth-order valence-electron chi connectivity index (χ4n) is 3.29. The van der Waals surface area contributed by atoms with Gasteiger partial charge in [-0.05, 0) is 37.1 Å². The maximum atomic E-state index is 11.1. The van der Waals surface area contributed by atoms with Crippen molar-refractivity contribution in [3.05, 3.63) is 72.8 Å². The van der Waals surface area contributed by atoms with Crippen molar-refractivity contribution >= 4 is 16.9 Å². The Hall–Kier alpha value is -3.58. The predicted molar refractivity (Wildman–Crippen MR) is 113 cm³/mol. The number of aliphatic hydroxyl groups is 1. The molecule has 0 radical (unpaired) electrons. The fraction of sp³-hybridized carbons (Fsp3) is 0.217. The summed E-state index contributed by atoms with van der Waals surface area (Å²) in [6.07, 6.45) is 3.71. The molecule has 1 unspecified atom stereocenters. The van der Waals surface area contributed by atoms with Crippen molar-refractivity contribution in [2.24, 2.45) is 5.73 Å². The van der Waals surface area contributed by atoms with Gasteiger partial charge in [0.25, 0.3) is 5.91 Å². The molecule has 7 nitrogen and oxygen atoms in total. The number of primary amides is 1. The van der Waals surface area contributed by atoms with Crippen molar-refractivity contribution in [3.8, 4) is 17.1 Å². The van der Waals surface area contributed by atoms with Crippen LogP contribution in [0.4, 0.5) is 0 Å². The summed E-state index contributed by atoms with van der Waals surface area (Å²) < 4.78 is 13.4. The van der Waals surface area contributed by atoms with Gasteiger partial charge in [-0.3, -0.25) is 4.79 Å². The van der Waals surface area contributed by atoms with Gasteiger partial charge in [0.05, 0.1) is 19.0 Å². The molecule has 30 heavy (non-hydrogen) atoms. The van der Waals surface area contributed by atoms with Crippen molar-refractivity contribution in [1.82, 2.24) is 9.55 Å². The first-order valence-electron chi connectivity index (χ1n) is 9.80. The second-order valence-corrected chi connectivity index (χ2v) is 7.14. The standard InChI is InChI=1S/C23H23N3O4/c24-23(28)20-14-26(15-25-20)13-18(27)7-4-10-29-19-8-3-6-16(11-19)22-12-17-5-1-2-9-21(17)30-22/h1-3,5-6,8-9,11-12,14-15,18,27H,4,7,10,13H2,(H2,24,28). The zero-order valence-corrected chi connectivity index (χ0v) is 16.4. The third-order valence-electron chi connectivity index (χ3n) is 4.80. The lowest BCUT2D eigenvalue weighted by atomic mass is 10.1. The van der Waals surface area contributed by atoms with Crippen molar-refractivity contribution in [2.75, 3.05) is 6.61 Å². The Balaban J connectivity index is 1.28. The van der Waals surface area contributed by atoms with Crippen LogP contribution >= 0.6 is 0 Å². The zero-order chi connectivity index (χ0) is 20.9. The molecule has 0 aliphatic carbocycles. The Bertz CT molecular complexity index is 1120. The molecular formula is C23H23N3O4. The minimum absolute atomic E-state index is 0.190. The van der Waals surface area contributed by atoms with Crippen LogP contribution in [0.15, 0.2) is 71.5 Å². The molecule has 0 aliphatic heterocycles. The van der Waals surface area contributed by atoms with Crippen LogP contribution in [0.25, 0.3) is 22.3 Å². The first-order chi connectivity index (χ1) is 14.6. The summed E-state index contributed by atoms with van der Waals surface area (Å²) in [5.41, 5.74) is 7.18. The Morgan fingerprint density at radius 3 is 2.87 bits per heavy atom. The van der Waals surface area contributed by atoms with E-state index in [1.807, 2.05) is 54.6 Å². The van der Waals surface area contributed by atoms with E-state index < -0.39 is 12.0 Å². The van der Waals surface area contributed by atoms with Crippen LogP contribution in [0.1, 0.15) is 23.3 Å². The van der Waals surface area contributed by atoms with Crippen molar-refractivity contribution in [2.45, 2.75) is 25.5 Å². The quantitative estimate of drug-likeness (QED) is 0.414. The molecule has 0 saturated heterocycles. The number of benzene rings is 2. The van der Waals surface area contributed by atoms with Crippen molar-refractivity contribution < 1.29 is 19.1 Å². The largest absolute Gasteiger partial charge is 0.494 e. The van der Waals surface area contributed by atoms with E-state index in [0.717, 1.165) is 28.0 Å². The number of para-hydroxylation sites is 1. The van der Waals surface area contributed by atoms with Gasteiger partial charge in [-0.1, -0.05) is 30.3 Å². The Morgan fingerprint density at radius 1 is 1.20 bits per heavy atom. The minimum atomic E-state index is -0.582. The van der Waals surface area contributed by atoms with Gasteiger partial charge in [-0.2, -0.15) is 0 Å². The zero-order valence-electron chi connectivity index (χ0n) is 16.4. The molecule has 4 rings (SSSR count). The molecule has 3 N–H and O–H groups in total. The van der Waals surface area contributed by atoms with Gasteiger partial charge in [0.2, 0.25) is 0 Å². The number of ether oxygens (including phenoxy) is 1. The van der Waals surface area contributed by atoms with E-state index in [1.54, 1.807) is 4.57 Å². The van der Waals surface area contributed by atoms with Gasteiger partial charge in [0, 0.05) is 23.7 Å². The second-order valence-electron chi connectivity index (χ2n) is 7.14. The van der Waals surface area contributed by atoms with Crippen LogP contribution in [0.3, 0.4) is 0 Å². The maximum Gasteiger partial charge on any atom is 0.268 e. The SMILES string of the molecule is NC(=O)c1cn(CC(O)CCCOc2cccc(-c3cc4ccccc4o3)c2)cn1. The number of imidazole rings is 1. The lowest BCUT2D eigenvalue weighted by Gasteiger charge is -2.12. The highest BCUT2D eigenvalue weighted by Crippen LogP contribution is 2.29. The van der Waals surface area contributed by atoms with E-state index in [-0.39, 0.29) is 5.69 Å². The molecule has 2 heterocycles. The normalized spacial score (nSPS) is 12.2. The highest BCUT2D eigenvalue weighted by molar-refractivity contribution is 5.90. The lowest BCUT2D eigenvalue weighted by molar-refractivity contribution is 0.0995. The van der Waals surface area contributed by atoms with Crippen LogP contribution in [-0.4, -0.2) is 33.3 Å². The number of carbonyl (C=O) groups excluding carboxylic acids is 1. The summed E-state index contributed by atoms with van der Waals surface area (Å²) in [4.78, 5) is 15.0. The molecule has 0 bridgehead atoms. The molecule has 0 spiro atoms. The van der Waals surface area contributed by atoms with Gasteiger partial charge in [-0.25, -0.2) is 4.98 Å². The van der Waals surface area contributed by atoms with Crippen LogP contribution in [0.2, 0.25) is 0 Å². The molecule has 154 valence electrons. The Morgan fingerprint density at radius 2 is 2.07 bits per heavy atom. The highest BCUT2D eigenvalue weighted by Gasteiger charge is 2.10. The lowest BCUT2D eigenvalue weighted by Crippen LogP contribution is -2.16. The molecule has 0 saturated carbocycles. The fourth-order valence-corrected chi connectivity index (χ4v) is 3.29. The van der Waals surface area contributed by atoms with E-state index >= 15 is 0 Å². The number of aliphatic hydroxyl groups excluding tert-OH is 1. The van der Waals surface area contributed by atoms with Gasteiger partial charge >= 0.3 is 0 Å². The third kappa shape index (κ3) is 4.69. The number of rotatable bonds is 9. The molecule has 2 aromatic heterocycles. The number of aromatic nitrogens is 2. The molecule has 1 amide bonds. The molecule has 7 heteroatoms. The summed E-state index contributed by atoms with van der Waals surface area (Å²) >= 11 is 0. The van der Waals surface area contributed by atoms with E-state index in [0.29, 0.717) is 26.0 Å². The molecule has 0 aliphatic rings. The van der Waals surface area contributed by atoms with Gasteiger partial charge in [-0.15, -0.1) is 0 Å². The monoisotopic (exact) mass is 405 g/mol. The molecule has 1 atom stereocenters. The molecule has 0 fully saturated rings. The summed E-state index contributed by atoms with van der Waals surface area (Å²) in [5.74, 6) is 0.970. The predicted octanol–water partition coefficient (Wildman–Crippen LogP) is 3.62. The molecule has 4 aromatic rings. The summed E-state index contributed by atoms with van der Waals surface area (Å²) in [6.45, 7) is 0.832. The molecule has 2 aromatic carbocycles. The molecular weight excluding hydrogens is 382 g/mol. The number of hydrogen-bond donors (Lipinski definition) is 2. The van der Waals surface area contributed by atoms with Gasteiger partial charge < -0.3 is 24.6 Å². The number of nitrogens with zero attached hydrogens (tertiary/aromatic N) is 2. The van der Waals surface area contributed by atoms with Crippen LogP contribution in [0, 0.1) is 0 Å². The summed E-state index contributed by atoms with van der Waals surface area (Å²) in [6, 6.07) is 17.7. The minimum Gasteiger partial charge on any atom is -0.494 e. The van der Waals surface area contributed by atoms with Crippen molar-refractivity contribution in [1.29, 1.82) is 0 Å². The number of carbonyl (C=O) groups is 1. The number of hydrogen-bond acceptors (Lipinski definition) is 5. The number of amides is 1. The van der Waals surface area contributed by atoms with Crippen molar-refractivity contribution in [3.63, 3.8) is 0 Å². The van der Waals surface area contributed by atoms with E-state index in [1.165, 1.54) is 12.5 Å². The highest BCUT2D eigenvalue weighted by atomic mass is 16.5. The summed E-state index contributed by atoms with van der Waals surface area (Å²) in [5, 5.41) is 11.2. The Kier molecular flexibility index (Phi) is 5.81. The van der Waals surface area contributed by atoms with Crippen LogP contribution in [-0.2, 0) is 6.54 Å². The van der Waals surface area contributed by atoms with Crippen LogP contribution in [0.5, 0.6) is 5.75 Å². The Labute approximate surface area is 173 Å². The average molecular weight is 405 g/mol. The van der Waals surface area contributed by atoms with Gasteiger partial charge in [0.1, 0.15) is 22.8 Å². The van der Waals surface area contributed by atoms with Gasteiger partial charge in [0.15, 0.2) is 0 Å². The van der Waals surface area contributed by atoms with E-state index in [9.17, 15) is 9.90 Å². The first kappa shape index (κ1) is 19.7. The average Bonchev–Trinajstić information content (AvgIpc) is 3.38. The second kappa shape index (κ2) is 8.84. The van der Waals surface area contributed by atoms with E-state index in [2.05, 4.69) is 4.98 Å². The topological polar surface area (TPSA) is 104 Å². The number of nitrogens with two attached hydrogens (primary N) is 1. The first-order valence-corrected chi connectivity index (χ1v) is 9.80.